The van der Waals surface area contributed by atoms with Gasteiger partial charge in [0, 0.05) is 24.5 Å². The molecule has 0 radical (unpaired) electrons. The lowest BCUT2D eigenvalue weighted by Crippen LogP contribution is -3.00. The maximum Gasteiger partial charge on any atom is 0.343 e. The second-order valence-corrected chi connectivity index (χ2v) is 5.79. The summed E-state index contributed by atoms with van der Waals surface area (Å²) in [7, 11) is 0. The largest absolute Gasteiger partial charge is 1.00 e. The molecule has 4 aromatic rings. The standard InChI is InChI=1S/C21H18N4.BrH/c1-3-11-22-20(9-1)18-7-5-13-24(15-18)17-25-14-6-8-19(16-25)21-10-2-4-12-23-21;/h1-16H,17H2;1H/q+2;/p-1. The van der Waals surface area contributed by atoms with Crippen molar-refractivity contribution in [1.29, 1.82) is 0 Å². The van der Waals surface area contributed by atoms with Crippen molar-refractivity contribution in [2.45, 2.75) is 6.67 Å². The maximum atomic E-state index is 4.42. The van der Waals surface area contributed by atoms with E-state index in [-0.39, 0.29) is 17.0 Å². The van der Waals surface area contributed by atoms with E-state index in [0.717, 1.165) is 29.2 Å². The predicted octanol–water partition coefficient (Wildman–Crippen LogP) is -0.105. The van der Waals surface area contributed by atoms with E-state index in [2.05, 4.69) is 56.0 Å². The highest BCUT2D eigenvalue weighted by Crippen LogP contribution is 2.14. The lowest BCUT2D eigenvalue weighted by atomic mass is 10.2. The van der Waals surface area contributed by atoms with Crippen LogP contribution in [-0.4, -0.2) is 9.97 Å². The van der Waals surface area contributed by atoms with E-state index < -0.39 is 0 Å². The van der Waals surface area contributed by atoms with Crippen LogP contribution in [0, 0.1) is 0 Å². The van der Waals surface area contributed by atoms with E-state index >= 15 is 0 Å². The minimum Gasteiger partial charge on any atom is -1.00 e. The zero-order valence-electron chi connectivity index (χ0n) is 14.1. The molecule has 0 fully saturated rings. The molecule has 0 aliphatic rings. The van der Waals surface area contributed by atoms with Crippen LogP contribution in [0.2, 0.25) is 0 Å². The van der Waals surface area contributed by atoms with Gasteiger partial charge in [-0.05, 0) is 36.4 Å². The molecule has 0 saturated heterocycles. The number of nitrogens with zero attached hydrogens (tertiary/aromatic N) is 4. The Balaban J connectivity index is 0.00000196. The van der Waals surface area contributed by atoms with Crippen molar-refractivity contribution in [2.75, 3.05) is 0 Å². The Kier molecular flexibility index (Phi) is 5.81. The molecule has 0 amide bonds. The minimum atomic E-state index is 0. The molecule has 0 unspecified atom stereocenters. The number of aromatic nitrogens is 4. The SMILES string of the molecule is [Br-].c1ccc(-c2ccc[n+](C[n+]3cccc(-c4ccccn4)c3)c2)nc1. The molecule has 0 aromatic carbocycles. The average molecular weight is 406 g/mol. The molecule has 0 aliphatic heterocycles. The van der Waals surface area contributed by atoms with Crippen molar-refractivity contribution < 1.29 is 26.1 Å². The zero-order chi connectivity index (χ0) is 16.9. The molecule has 4 heterocycles. The predicted molar refractivity (Wildman–Crippen MR) is 95.1 cm³/mol. The molecule has 0 atom stereocenters. The van der Waals surface area contributed by atoms with Crippen molar-refractivity contribution in [2.24, 2.45) is 0 Å². The summed E-state index contributed by atoms with van der Waals surface area (Å²) in [4.78, 5) is 8.85. The van der Waals surface area contributed by atoms with Gasteiger partial charge in [0.05, 0.1) is 22.5 Å². The Labute approximate surface area is 163 Å². The lowest BCUT2D eigenvalue weighted by Gasteiger charge is -2.01. The molecular formula is C21H18BrN4+. The van der Waals surface area contributed by atoms with E-state index in [9.17, 15) is 0 Å². The third kappa shape index (κ3) is 4.18. The van der Waals surface area contributed by atoms with Crippen LogP contribution in [0.4, 0.5) is 0 Å². The van der Waals surface area contributed by atoms with Gasteiger partial charge in [-0.1, -0.05) is 12.1 Å². The highest BCUT2D eigenvalue weighted by Gasteiger charge is 2.12. The third-order valence-electron chi connectivity index (χ3n) is 3.96. The van der Waals surface area contributed by atoms with Crippen LogP contribution >= 0.6 is 0 Å². The number of hydrogen-bond donors (Lipinski definition) is 0. The highest BCUT2D eigenvalue weighted by atomic mass is 79.9. The third-order valence-corrected chi connectivity index (χ3v) is 3.96. The molecule has 5 heteroatoms. The van der Waals surface area contributed by atoms with Gasteiger partial charge < -0.3 is 17.0 Å². The monoisotopic (exact) mass is 405 g/mol. The average Bonchev–Trinajstić information content (AvgIpc) is 2.70. The van der Waals surface area contributed by atoms with Gasteiger partial charge in [0.25, 0.3) is 0 Å². The molecule has 0 spiro atoms. The van der Waals surface area contributed by atoms with Gasteiger partial charge in [0.15, 0.2) is 24.8 Å². The van der Waals surface area contributed by atoms with Crippen LogP contribution in [0.5, 0.6) is 0 Å². The van der Waals surface area contributed by atoms with Gasteiger partial charge in [0.2, 0.25) is 0 Å². The fourth-order valence-electron chi connectivity index (χ4n) is 2.78. The summed E-state index contributed by atoms with van der Waals surface area (Å²) in [5.74, 6) is 0. The van der Waals surface area contributed by atoms with Crippen LogP contribution in [0.25, 0.3) is 22.5 Å². The first-order valence-electron chi connectivity index (χ1n) is 8.19. The van der Waals surface area contributed by atoms with Crippen LogP contribution in [0.15, 0.2) is 97.8 Å². The Morgan fingerprint density at radius 2 is 1.12 bits per heavy atom. The number of pyridine rings is 4. The first-order valence-corrected chi connectivity index (χ1v) is 8.19. The van der Waals surface area contributed by atoms with Crippen LogP contribution in [0.3, 0.4) is 0 Å². The quantitative estimate of drug-likeness (QED) is 0.444. The number of hydrogen-bond acceptors (Lipinski definition) is 2. The molecule has 4 aromatic heterocycles. The Morgan fingerprint density at radius 1 is 0.615 bits per heavy atom. The summed E-state index contributed by atoms with van der Waals surface area (Å²) in [5, 5.41) is 0. The number of halogens is 1. The maximum absolute atomic E-state index is 4.42. The van der Waals surface area contributed by atoms with E-state index in [1.807, 2.05) is 60.9 Å². The normalized spacial score (nSPS) is 10.2. The first-order chi connectivity index (χ1) is 12.4. The Hall–Kier alpha value is -2.92. The van der Waals surface area contributed by atoms with E-state index in [0.29, 0.717) is 0 Å². The molecule has 0 aliphatic carbocycles. The van der Waals surface area contributed by atoms with Gasteiger partial charge >= 0.3 is 6.67 Å². The van der Waals surface area contributed by atoms with Crippen LogP contribution in [0.1, 0.15) is 0 Å². The first kappa shape index (κ1) is 17.9. The summed E-state index contributed by atoms with van der Waals surface area (Å²) in [5.41, 5.74) is 4.15. The summed E-state index contributed by atoms with van der Waals surface area (Å²) < 4.78 is 4.29. The molecular weight excluding hydrogens is 388 g/mol. The van der Waals surface area contributed by atoms with Gasteiger partial charge in [0.1, 0.15) is 0 Å². The molecule has 128 valence electrons. The molecule has 4 rings (SSSR count). The van der Waals surface area contributed by atoms with E-state index in [4.69, 9.17) is 0 Å². The van der Waals surface area contributed by atoms with Crippen molar-refractivity contribution >= 4 is 0 Å². The van der Waals surface area contributed by atoms with Crippen molar-refractivity contribution in [3.8, 4) is 22.5 Å². The smallest absolute Gasteiger partial charge is 0.343 e. The summed E-state index contributed by atoms with van der Waals surface area (Å²) in [6.45, 7) is 0.724. The molecule has 4 nitrogen and oxygen atoms in total. The van der Waals surface area contributed by atoms with Gasteiger partial charge in [-0.2, -0.15) is 0 Å². The van der Waals surface area contributed by atoms with Gasteiger partial charge in [-0.15, -0.1) is 9.13 Å². The minimum absolute atomic E-state index is 0. The van der Waals surface area contributed by atoms with Crippen molar-refractivity contribution in [3.63, 3.8) is 0 Å². The molecule has 26 heavy (non-hydrogen) atoms. The van der Waals surface area contributed by atoms with Crippen molar-refractivity contribution in [3.05, 3.63) is 97.8 Å². The van der Waals surface area contributed by atoms with Gasteiger partial charge in [-0.3, -0.25) is 9.97 Å². The highest BCUT2D eigenvalue weighted by molar-refractivity contribution is 5.56. The molecule has 0 N–H and O–H groups in total. The second-order valence-electron chi connectivity index (χ2n) is 5.79. The molecule has 0 saturated carbocycles. The summed E-state index contributed by atoms with van der Waals surface area (Å²) in [6, 6.07) is 20.2. The second kappa shape index (κ2) is 8.45. The van der Waals surface area contributed by atoms with E-state index in [1.54, 1.807) is 0 Å². The number of rotatable bonds is 4. The van der Waals surface area contributed by atoms with Crippen molar-refractivity contribution in [1.82, 2.24) is 9.97 Å². The Bertz CT molecular complexity index is 894. The van der Waals surface area contributed by atoms with Gasteiger partial charge in [-0.25, -0.2) is 0 Å². The zero-order valence-corrected chi connectivity index (χ0v) is 15.7. The summed E-state index contributed by atoms with van der Waals surface area (Å²) >= 11 is 0. The summed E-state index contributed by atoms with van der Waals surface area (Å²) in [6.07, 6.45) is 12.0. The van der Waals surface area contributed by atoms with E-state index in [1.165, 1.54) is 0 Å². The molecule has 0 bridgehead atoms. The van der Waals surface area contributed by atoms with Crippen LogP contribution < -0.4 is 26.1 Å². The fraction of sp³-hybridized carbons (Fsp3) is 0.0476. The Morgan fingerprint density at radius 3 is 1.54 bits per heavy atom. The van der Waals surface area contributed by atoms with Crippen LogP contribution in [-0.2, 0) is 6.67 Å². The lowest BCUT2D eigenvalue weighted by molar-refractivity contribution is -0.912. The topological polar surface area (TPSA) is 33.5 Å². The fourth-order valence-corrected chi connectivity index (χ4v) is 2.78.